The van der Waals surface area contributed by atoms with Gasteiger partial charge in [0, 0.05) is 49.1 Å². The van der Waals surface area contributed by atoms with Gasteiger partial charge in [0.2, 0.25) is 5.91 Å². The van der Waals surface area contributed by atoms with Gasteiger partial charge in [-0.3, -0.25) is 4.79 Å². The number of anilines is 1. The number of aromatic nitrogens is 2. The number of allylic oxidation sites excluding steroid dienone is 1. The lowest BCUT2D eigenvalue weighted by Gasteiger charge is -2.43. The Morgan fingerprint density at radius 3 is 2.53 bits per heavy atom. The number of benzene rings is 2. The Hall–Kier alpha value is -4.34. The first-order valence-corrected chi connectivity index (χ1v) is 18.1. The van der Waals surface area contributed by atoms with E-state index >= 15 is 8.78 Å². The van der Waals surface area contributed by atoms with Crippen LogP contribution in [0, 0.1) is 34.8 Å². The smallest absolute Gasteiger partial charge is 0.319 e. The summed E-state index contributed by atoms with van der Waals surface area (Å²) in [5.74, 6) is 0.715. The third-order valence-electron chi connectivity index (χ3n) is 11.8. The normalized spacial score (nSPS) is 23.9. The molecule has 2 aromatic carbocycles. The van der Waals surface area contributed by atoms with Gasteiger partial charge >= 0.3 is 6.01 Å². The van der Waals surface area contributed by atoms with Crippen LogP contribution in [0.25, 0.3) is 28.1 Å². The number of aromatic hydroxyl groups is 1. The Morgan fingerprint density at radius 2 is 1.84 bits per heavy atom. The van der Waals surface area contributed by atoms with E-state index in [4.69, 9.17) is 16.1 Å². The standard InChI is InChI=1S/C39H43F3N6O3/c1-2-3-5-24-16-27(49)17-28(30(24)19-40)32-31(41)18-29-34(33(32)42)45-37(46-35(29)48-20-25-6-7-26(21-48)44-25)51-23-38(9-10-38)22-47-14-11-39(12-15-47)8-4-13-43-36(39)50/h1,3,5,16-18,25-26,44,49H,4,6-15,19-23H2,(H,43,50)/b5-3-. The Bertz CT molecular complexity index is 1920. The number of terminal acetylenes is 1. The quantitative estimate of drug-likeness (QED) is 0.252. The molecule has 8 rings (SSSR count). The maximum absolute atomic E-state index is 16.8. The van der Waals surface area contributed by atoms with Gasteiger partial charge in [-0.05, 0) is 111 Å². The molecule has 1 amide bonds. The Balaban J connectivity index is 1.11. The molecule has 5 heterocycles. The first-order valence-electron chi connectivity index (χ1n) is 18.1. The molecule has 2 bridgehead atoms. The molecular weight excluding hydrogens is 657 g/mol. The first-order chi connectivity index (χ1) is 24.7. The number of rotatable bonds is 9. The second kappa shape index (κ2) is 13.3. The van der Waals surface area contributed by atoms with Crippen LogP contribution >= 0.6 is 0 Å². The zero-order valence-corrected chi connectivity index (χ0v) is 28.6. The molecule has 0 radical (unpaired) electrons. The highest BCUT2D eigenvalue weighted by molar-refractivity contribution is 5.94. The molecule has 9 nitrogen and oxygen atoms in total. The van der Waals surface area contributed by atoms with Crippen molar-refractivity contribution in [2.24, 2.45) is 10.8 Å². The van der Waals surface area contributed by atoms with Crippen molar-refractivity contribution in [1.82, 2.24) is 25.5 Å². The summed E-state index contributed by atoms with van der Waals surface area (Å²) in [6.07, 6.45) is 15.7. The van der Waals surface area contributed by atoms with Crippen molar-refractivity contribution in [3.8, 4) is 35.2 Å². The van der Waals surface area contributed by atoms with E-state index in [2.05, 4.69) is 31.3 Å². The fourth-order valence-corrected chi connectivity index (χ4v) is 8.78. The summed E-state index contributed by atoms with van der Waals surface area (Å²) in [4.78, 5) is 26.5. The molecule has 4 saturated heterocycles. The minimum atomic E-state index is -1.04. The maximum Gasteiger partial charge on any atom is 0.319 e. The van der Waals surface area contributed by atoms with Crippen molar-refractivity contribution < 1.29 is 27.8 Å². The summed E-state index contributed by atoms with van der Waals surface area (Å²) in [5.41, 5.74) is -0.892. The van der Waals surface area contributed by atoms with Crippen LogP contribution in [-0.2, 0) is 11.5 Å². The van der Waals surface area contributed by atoms with E-state index in [1.165, 1.54) is 24.3 Å². The van der Waals surface area contributed by atoms with Gasteiger partial charge in [-0.2, -0.15) is 9.97 Å². The number of hydrogen-bond donors (Lipinski definition) is 3. The van der Waals surface area contributed by atoms with Gasteiger partial charge in [0.25, 0.3) is 0 Å². The van der Waals surface area contributed by atoms with Crippen molar-refractivity contribution in [1.29, 1.82) is 0 Å². The molecule has 1 saturated carbocycles. The van der Waals surface area contributed by atoms with Gasteiger partial charge in [0.05, 0.1) is 17.6 Å². The lowest BCUT2D eigenvalue weighted by molar-refractivity contribution is -0.136. The number of fused-ring (bicyclic) bond motifs is 3. The number of alkyl halides is 1. The fraction of sp³-hybridized carbons (Fsp3) is 0.513. The number of carbonyl (C=O) groups is 1. The predicted molar refractivity (Wildman–Crippen MR) is 189 cm³/mol. The molecule has 1 aliphatic carbocycles. The SMILES string of the molecule is C#C/C=C\c1cc(O)cc(-c2c(F)cc3c(N4CC5CCC(C4)N5)nc(OCC4(CN5CCC6(CCCNC6=O)CC5)CC4)nc3c2F)c1CF. The molecule has 2 unspecified atom stereocenters. The van der Waals surface area contributed by atoms with E-state index in [-0.39, 0.29) is 68.2 Å². The third-order valence-corrected chi connectivity index (χ3v) is 11.8. The van der Waals surface area contributed by atoms with Gasteiger partial charge in [0.1, 0.15) is 29.6 Å². The number of piperidine rings is 2. The number of likely N-dealkylation sites (tertiary alicyclic amines) is 1. The average Bonchev–Trinajstić information content (AvgIpc) is 3.81. The van der Waals surface area contributed by atoms with Crippen LogP contribution in [0.4, 0.5) is 19.0 Å². The summed E-state index contributed by atoms with van der Waals surface area (Å²) >= 11 is 0. The van der Waals surface area contributed by atoms with Crippen molar-refractivity contribution in [2.75, 3.05) is 50.8 Å². The monoisotopic (exact) mass is 700 g/mol. The molecule has 2 atom stereocenters. The summed E-state index contributed by atoms with van der Waals surface area (Å²) in [6.45, 7) is 3.84. The van der Waals surface area contributed by atoms with E-state index in [9.17, 15) is 14.3 Å². The van der Waals surface area contributed by atoms with Crippen LogP contribution in [0.2, 0.25) is 0 Å². The van der Waals surface area contributed by atoms with Crippen LogP contribution in [0.5, 0.6) is 11.8 Å². The minimum absolute atomic E-state index is 0.00172. The highest BCUT2D eigenvalue weighted by Crippen LogP contribution is 2.48. The van der Waals surface area contributed by atoms with E-state index in [0.29, 0.717) is 25.5 Å². The molecular formula is C39H43F3N6O3. The largest absolute Gasteiger partial charge is 0.508 e. The van der Waals surface area contributed by atoms with E-state index < -0.39 is 23.9 Å². The zero-order valence-electron chi connectivity index (χ0n) is 28.6. The van der Waals surface area contributed by atoms with Crippen LogP contribution in [0.15, 0.2) is 24.3 Å². The number of ether oxygens (including phenoxy) is 1. The van der Waals surface area contributed by atoms with Crippen molar-refractivity contribution in [3.05, 3.63) is 47.0 Å². The maximum atomic E-state index is 16.8. The number of phenolic OH excluding ortho intramolecular Hbond substituents is 1. The van der Waals surface area contributed by atoms with Crippen molar-refractivity contribution in [2.45, 2.75) is 70.1 Å². The number of piperazine rings is 1. The molecule has 5 fully saturated rings. The predicted octanol–water partition coefficient (Wildman–Crippen LogP) is 5.49. The number of halogens is 3. The number of phenols is 1. The van der Waals surface area contributed by atoms with Gasteiger partial charge in [-0.1, -0.05) is 5.92 Å². The van der Waals surface area contributed by atoms with Gasteiger partial charge in [-0.25, -0.2) is 13.2 Å². The molecule has 1 aromatic heterocycles. The highest BCUT2D eigenvalue weighted by Gasteiger charge is 2.48. The lowest BCUT2D eigenvalue weighted by Crippen LogP contribution is -2.52. The topological polar surface area (TPSA) is 103 Å². The number of carbonyl (C=O) groups excluding carboxylic acids is 1. The number of nitrogens with one attached hydrogen (secondary N) is 2. The lowest BCUT2D eigenvalue weighted by atomic mass is 9.72. The molecule has 3 aromatic rings. The van der Waals surface area contributed by atoms with Crippen molar-refractivity contribution in [3.63, 3.8) is 0 Å². The number of nitrogens with zero attached hydrogens (tertiary/aromatic N) is 4. The van der Waals surface area contributed by atoms with E-state index in [0.717, 1.165) is 83.6 Å². The number of hydrogen-bond acceptors (Lipinski definition) is 8. The number of amides is 1. The summed E-state index contributed by atoms with van der Waals surface area (Å²) in [6, 6.07) is 4.14. The first kappa shape index (κ1) is 33.8. The molecule has 268 valence electrons. The van der Waals surface area contributed by atoms with E-state index in [1.807, 2.05) is 0 Å². The van der Waals surface area contributed by atoms with Crippen LogP contribution in [-0.4, -0.2) is 83.8 Å². The average molecular weight is 701 g/mol. The van der Waals surface area contributed by atoms with Gasteiger partial charge < -0.3 is 30.3 Å². The Labute approximate surface area is 295 Å². The molecule has 4 aliphatic heterocycles. The minimum Gasteiger partial charge on any atom is -0.508 e. The molecule has 5 aliphatic rings. The second-order valence-corrected chi connectivity index (χ2v) is 15.2. The molecule has 3 N–H and O–H groups in total. The summed E-state index contributed by atoms with van der Waals surface area (Å²) in [5, 5.41) is 17.3. The summed E-state index contributed by atoms with van der Waals surface area (Å²) in [7, 11) is 0. The van der Waals surface area contributed by atoms with Crippen LogP contribution in [0.3, 0.4) is 0 Å². The third kappa shape index (κ3) is 6.40. The van der Waals surface area contributed by atoms with Crippen molar-refractivity contribution >= 4 is 28.7 Å². The summed E-state index contributed by atoms with van der Waals surface area (Å²) < 4.78 is 53.8. The molecule has 51 heavy (non-hydrogen) atoms. The molecule has 12 heteroatoms. The Morgan fingerprint density at radius 1 is 1.08 bits per heavy atom. The Kier molecular flexibility index (Phi) is 8.83. The second-order valence-electron chi connectivity index (χ2n) is 15.2. The highest BCUT2D eigenvalue weighted by atomic mass is 19.1. The van der Waals surface area contributed by atoms with E-state index in [1.54, 1.807) is 0 Å². The van der Waals surface area contributed by atoms with Crippen LogP contribution < -0.4 is 20.3 Å². The van der Waals surface area contributed by atoms with Gasteiger partial charge in [0.15, 0.2) is 5.82 Å². The van der Waals surface area contributed by atoms with Crippen LogP contribution in [0.1, 0.15) is 62.5 Å². The van der Waals surface area contributed by atoms with Gasteiger partial charge in [-0.15, -0.1) is 6.42 Å². The molecule has 1 spiro atoms. The zero-order chi connectivity index (χ0) is 35.3. The fourth-order valence-electron chi connectivity index (χ4n) is 8.78.